The van der Waals surface area contributed by atoms with Crippen LogP contribution in [0.15, 0.2) is 18.2 Å². The van der Waals surface area contributed by atoms with Crippen LogP contribution in [0.1, 0.15) is 29.2 Å². The van der Waals surface area contributed by atoms with Gasteiger partial charge in [-0.25, -0.2) is 0 Å². The lowest BCUT2D eigenvalue weighted by Crippen LogP contribution is -2.10. The van der Waals surface area contributed by atoms with Crippen molar-refractivity contribution >= 4 is 0 Å². The Balaban J connectivity index is 2.58. The molecule has 0 aliphatic rings. The predicted molar refractivity (Wildman–Crippen MR) is 68.5 cm³/mol. The minimum Gasteiger partial charge on any atom is -0.388 e. The lowest BCUT2D eigenvalue weighted by molar-refractivity contribution is -0.137. The van der Waals surface area contributed by atoms with Gasteiger partial charge in [-0.3, -0.25) is 0 Å². The molecule has 1 rings (SSSR count). The monoisotopic (exact) mass is 292 g/mol. The van der Waals surface area contributed by atoms with Crippen LogP contribution < -0.4 is 0 Å². The topological polar surface area (TPSA) is 38.7 Å². The molecule has 114 valence electrons. The van der Waals surface area contributed by atoms with E-state index in [1.54, 1.807) is 14.0 Å². The van der Waals surface area contributed by atoms with E-state index in [2.05, 4.69) is 0 Å². The van der Waals surface area contributed by atoms with Crippen molar-refractivity contribution in [3.63, 3.8) is 0 Å². The second-order valence-corrected chi connectivity index (χ2v) is 4.48. The van der Waals surface area contributed by atoms with Gasteiger partial charge in [0.15, 0.2) is 0 Å². The molecule has 3 nitrogen and oxygen atoms in total. The van der Waals surface area contributed by atoms with Crippen LogP contribution in [-0.4, -0.2) is 32.0 Å². The van der Waals surface area contributed by atoms with Crippen LogP contribution in [0.4, 0.5) is 13.2 Å². The number of alkyl halides is 3. The second-order valence-electron chi connectivity index (χ2n) is 4.48. The van der Waals surface area contributed by atoms with Gasteiger partial charge in [-0.1, -0.05) is 6.07 Å². The molecule has 0 heterocycles. The molecule has 0 fully saturated rings. The van der Waals surface area contributed by atoms with Crippen molar-refractivity contribution < 1.29 is 27.8 Å². The third-order valence-corrected chi connectivity index (χ3v) is 2.92. The van der Waals surface area contributed by atoms with Crippen LogP contribution in [0, 0.1) is 6.92 Å². The van der Waals surface area contributed by atoms with Crippen LogP contribution in [0.25, 0.3) is 0 Å². The summed E-state index contributed by atoms with van der Waals surface area (Å²) in [5.41, 5.74) is 0.208. The van der Waals surface area contributed by atoms with E-state index in [1.807, 2.05) is 0 Å². The highest BCUT2D eigenvalue weighted by Crippen LogP contribution is 2.32. The quantitative estimate of drug-likeness (QED) is 0.785. The molecule has 0 saturated heterocycles. The van der Waals surface area contributed by atoms with E-state index in [0.717, 1.165) is 12.1 Å². The molecule has 0 amide bonds. The smallest absolute Gasteiger partial charge is 0.388 e. The van der Waals surface area contributed by atoms with Crippen molar-refractivity contribution in [1.29, 1.82) is 0 Å². The third kappa shape index (κ3) is 5.11. The number of hydrogen-bond acceptors (Lipinski definition) is 3. The maximum Gasteiger partial charge on any atom is 0.416 e. The summed E-state index contributed by atoms with van der Waals surface area (Å²) in [6, 6.07) is 3.35. The Labute approximate surface area is 116 Å². The average Bonchev–Trinajstić information content (AvgIpc) is 2.37. The number of aliphatic hydroxyl groups is 1. The van der Waals surface area contributed by atoms with Crippen molar-refractivity contribution in [3.05, 3.63) is 34.9 Å². The zero-order chi connectivity index (χ0) is 15.2. The molecule has 0 saturated carbocycles. The van der Waals surface area contributed by atoms with E-state index in [1.165, 1.54) is 6.07 Å². The number of methoxy groups -OCH3 is 1. The largest absolute Gasteiger partial charge is 0.416 e. The SMILES string of the molecule is COCCOCCC(O)c1ccc(C(F)(F)F)cc1C. The molecular weight excluding hydrogens is 273 g/mol. The first kappa shape index (κ1) is 16.9. The summed E-state index contributed by atoms with van der Waals surface area (Å²) in [4.78, 5) is 0. The minimum atomic E-state index is -4.36. The van der Waals surface area contributed by atoms with Gasteiger partial charge >= 0.3 is 6.18 Å². The zero-order valence-electron chi connectivity index (χ0n) is 11.5. The fourth-order valence-corrected chi connectivity index (χ4v) is 1.82. The summed E-state index contributed by atoms with van der Waals surface area (Å²) in [6.07, 6.45) is -4.87. The molecule has 0 spiro atoms. The number of ether oxygens (including phenoxy) is 2. The number of aryl methyl sites for hydroxylation is 1. The fraction of sp³-hybridized carbons (Fsp3) is 0.571. The molecule has 1 aromatic carbocycles. The van der Waals surface area contributed by atoms with E-state index in [9.17, 15) is 18.3 Å². The Kier molecular flexibility index (Phi) is 6.45. The molecule has 1 aromatic rings. The number of rotatable bonds is 7. The van der Waals surface area contributed by atoms with Gasteiger partial charge in [0, 0.05) is 20.1 Å². The summed E-state index contributed by atoms with van der Waals surface area (Å²) in [5.74, 6) is 0. The molecule has 0 aliphatic heterocycles. The molecule has 1 unspecified atom stereocenters. The molecule has 0 aliphatic carbocycles. The van der Waals surface area contributed by atoms with E-state index in [-0.39, 0.29) is 0 Å². The van der Waals surface area contributed by atoms with Crippen LogP contribution in [0.3, 0.4) is 0 Å². The Bertz CT molecular complexity index is 419. The van der Waals surface area contributed by atoms with Crippen molar-refractivity contribution in [3.8, 4) is 0 Å². The van der Waals surface area contributed by atoms with Crippen LogP contribution >= 0.6 is 0 Å². The molecule has 0 aromatic heterocycles. The van der Waals surface area contributed by atoms with E-state index in [0.29, 0.717) is 37.4 Å². The highest BCUT2D eigenvalue weighted by molar-refractivity contribution is 5.33. The van der Waals surface area contributed by atoms with E-state index < -0.39 is 17.8 Å². The summed E-state index contributed by atoms with van der Waals surface area (Å²) >= 11 is 0. The van der Waals surface area contributed by atoms with Gasteiger partial charge in [-0.15, -0.1) is 0 Å². The van der Waals surface area contributed by atoms with Crippen LogP contribution in [0.5, 0.6) is 0 Å². The first-order valence-corrected chi connectivity index (χ1v) is 6.28. The molecule has 1 N–H and O–H groups in total. The lowest BCUT2D eigenvalue weighted by atomic mass is 9.99. The summed E-state index contributed by atoms with van der Waals surface area (Å²) in [5, 5.41) is 9.96. The van der Waals surface area contributed by atoms with Gasteiger partial charge < -0.3 is 14.6 Å². The van der Waals surface area contributed by atoms with Crippen LogP contribution in [-0.2, 0) is 15.7 Å². The molecule has 6 heteroatoms. The summed E-state index contributed by atoms with van der Waals surface area (Å²) in [7, 11) is 1.56. The molecular formula is C14H19F3O3. The molecule has 0 bridgehead atoms. The van der Waals surface area contributed by atoms with E-state index >= 15 is 0 Å². The predicted octanol–water partition coefficient (Wildman–Crippen LogP) is 3.10. The maximum atomic E-state index is 12.5. The van der Waals surface area contributed by atoms with Crippen molar-refractivity contribution in [2.24, 2.45) is 0 Å². The van der Waals surface area contributed by atoms with Gasteiger partial charge in [0.05, 0.1) is 24.9 Å². The normalized spacial score (nSPS) is 13.5. The van der Waals surface area contributed by atoms with Gasteiger partial charge in [0.25, 0.3) is 0 Å². The third-order valence-electron chi connectivity index (χ3n) is 2.92. The first-order chi connectivity index (χ1) is 9.36. The van der Waals surface area contributed by atoms with Gasteiger partial charge in [0.2, 0.25) is 0 Å². The Hall–Kier alpha value is -1.11. The molecule has 1 atom stereocenters. The van der Waals surface area contributed by atoms with Gasteiger partial charge in [0.1, 0.15) is 0 Å². The van der Waals surface area contributed by atoms with Gasteiger partial charge in [-0.2, -0.15) is 13.2 Å². The zero-order valence-corrected chi connectivity index (χ0v) is 11.5. The average molecular weight is 292 g/mol. The number of hydrogen-bond donors (Lipinski definition) is 1. The standard InChI is InChI=1S/C14H19F3O3/c1-10-9-11(14(15,16)17)3-4-12(10)13(18)5-6-20-8-7-19-2/h3-4,9,13,18H,5-8H2,1-2H3. The van der Waals surface area contributed by atoms with Crippen molar-refractivity contribution in [1.82, 2.24) is 0 Å². The first-order valence-electron chi connectivity index (χ1n) is 6.28. The Morgan fingerprint density at radius 2 is 1.90 bits per heavy atom. The Morgan fingerprint density at radius 3 is 2.45 bits per heavy atom. The summed E-state index contributed by atoms with van der Waals surface area (Å²) in [6.45, 7) is 2.77. The van der Waals surface area contributed by atoms with Crippen molar-refractivity contribution in [2.75, 3.05) is 26.9 Å². The lowest BCUT2D eigenvalue weighted by Gasteiger charge is -2.16. The van der Waals surface area contributed by atoms with E-state index in [4.69, 9.17) is 9.47 Å². The van der Waals surface area contributed by atoms with Gasteiger partial charge in [-0.05, 0) is 30.2 Å². The maximum absolute atomic E-state index is 12.5. The fourth-order valence-electron chi connectivity index (χ4n) is 1.82. The minimum absolute atomic E-state index is 0.324. The second kappa shape index (κ2) is 7.61. The summed E-state index contributed by atoms with van der Waals surface area (Å²) < 4.78 is 47.6. The highest BCUT2D eigenvalue weighted by Gasteiger charge is 2.30. The van der Waals surface area contributed by atoms with Crippen molar-refractivity contribution in [2.45, 2.75) is 25.6 Å². The molecule has 0 radical (unpaired) electrons. The molecule has 20 heavy (non-hydrogen) atoms. The Morgan fingerprint density at radius 1 is 1.20 bits per heavy atom. The highest BCUT2D eigenvalue weighted by atomic mass is 19.4. The number of aliphatic hydroxyl groups excluding tert-OH is 1. The number of benzene rings is 1. The number of halogens is 3. The van der Waals surface area contributed by atoms with Crippen LogP contribution in [0.2, 0.25) is 0 Å².